The van der Waals surface area contributed by atoms with Crippen molar-refractivity contribution in [1.29, 1.82) is 0 Å². The van der Waals surface area contributed by atoms with Gasteiger partial charge in [-0.05, 0) is 18.4 Å². The van der Waals surface area contributed by atoms with Gasteiger partial charge in [-0.2, -0.15) is 0 Å². The van der Waals surface area contributed by atoms with Crippen LogP contribution < -0.4 is 10.6 Å². The molecule has 0 aliphatic carbocycles. The summed E-state index contributed by atoms with van der Waals surface area (Å²) < 4.78 is 0. The van der Waals surface area contributed by atoms with Crippen LogP contribution in [-0.4, -0.2) is 29.1 Å². The van der Waals surface area contributed by atoms with E-state index in [0.717, 1.165) is 25.9 Å². The van der Waals surface area contributed by atoms with Gasteiger partial charge < -0.3 is 15.7 Å². The zero-order valence-electron chi connectivity index (χ0n) is 9.89. The number of nitrogens with two attached hydrogens (primary N) is 1. The quantitative estimate of drug-likeness (QED) is 0.831. The van der Waals surface area contributed by atoms with Crippen molar-refractivity contribution < 1.29 is 9.90 Å². The molecule has 0 radical (unpaired) electrons. The monoisotopic (exact) mass is 235 g/mol. The molecule has 1 fully saturated rings. The van der Waals surface area contributed by atoms with Crippen LogP contribution in [0.5, 0.6) is 0 Å². The highest BCUT2D eigenvalue weighted by Crippen LogP contribution is 2.25. The number of pyridine rings is 1. The Kier molecular flexibility index (Phi) is 3.17. The van der Waals surface area contributed by atoms with E-state index in [1.165, 1.54) is 6.20 Å². The second kappa shape index (κ2) is 4.61. The van der Waals surface area contributed by atoms with Crippen LogP contribution in [0, 0.1) is 5.92 Å². The van der Waals surface area contributed by atoms with Crippen molar-refractivity contribution in [2.75, 3.05) is 23.7 Å². The Morgan fingerprint density at radius 3 is 3.06 bits per heavy atom. The molecule has 1 atom stereocenters. The lowest BCUT2D eigenvalue weighted by Crippen LogP contribution is -2.21. The Balaban J connectivity index is 2.22. The Morgan fingerprint density at radius 1 is 1.71 bits per heavy atom. The third kappa shape index (κ3) is 2.33. The molecule has 0 saturated carbocycles. The van der Waals surface area contributed by atoms with Crippen LogP contribution in [0.1, 0.15) is 30.1 Å². The third-order valence-corrected chi connectivity index (χ3v) is 3.34. The number of hydrogen-bond acceptors (Lipinski definition) is 4. The van der Waals surface area contributed by atoms with E-state index in [-0.39, 0.29) is 11.3 Å². The molecule has 0 amide bonds. The van der Waals surface area contributed by atoms with Crippen LogP contribution in [0.2, 0.25) is 0 Å². The molecule has 1 unspecified atom stereocenters. The molecule has 0 bridgehead atoms. The largest absolute Gasteiger partial charge is 0.478 e. The molecule has 3 N–H and O–H groups in total. The van der Waals surface area contributed by atoms with Crippen LogP contribution >= 0.6 is 0 Å². The van der Waals surface area contributed by atoms with Gasteiger partial charge in [-0.3, -0.25) is 0 Å². The molecule has 5 nitrogen and oxygen atoms in total. The average molecular weight is 235 g/mol. The van der Waals surface area contributed by atoms with E-state index in [2.05, 4.69) is 16.8 Å². The summed E-state index contributed by atoms with van der Waals surface area (Å²) in [6.45, 7) is 4.06. The van der Waals surface area contributed by atoms with Gasteiger partial charge in [0.1, 0.15) is 5.82 Å². The van der Waals surface area contributed by atoms with Crippen LogP contribution in [0.3, 0.4) is 0 Å². The Hall–Kier alpha value is -1.78. The summed E-state index contributed by atoms with van der Waals surface area (Å²) in [6.07, 6.45) is 3.72. The molecule has 17 heavy (non-hydrogen) atoms. The van der Waals surface area contributed by atoms with Crippen LogP contribution in [0.4, 0.5) is 11.5 Å². The normalized spacial score (nSPS) is 19.6. The highest BCUT2D eigenvalue weighted by atomic mass is 16.4. The highest BCUT2D eigenvalue weighted by molar-refractivity contribution is 5.94. The fourth-order valence-electron chi connectivity index (χ4n) is 2.19. The molecule has 0 spiro atoms. The summed E-state index contributed by atoms with van der Waals surface area (Å²) in [4.78, 5) is 17.3. The number of nitrogen functional groups attached to an aromatic ring is 1. The lowest BCUT2D eigenvalue weighted by molar-refractivity contribution is 0.0698. The van der Waals surface area contributed by atoms with Gasteiger partial charge in [0.2, 0.25) is 0 Å². The summed E-state index contributed by atoms with van der Waals surface area (Å²) in [7, 11) is 0. The van der Waals surface area contributed by atoms with E-state index in [4.69, 9.17) is 10.8 Å². The summed E-state index contributed by atoms with van der Waals surface area (Å²) in [5.41, 5.74) is 5.93. The van der Waals surface area contributed by atoms with Gasteiger partial charge >= 0.3 is 5.97 Å². The number of carbonyl (C=O) groups is 1. The number of hydrogen-bond donors (Lipinski definition) is 2. The first-order chi connectivity index (χ1) is 8.11. The number of rotatable bonds is 3. The van der Waals surface area contributed by atoms with Crippen molar-refractivity contribution in [3.05, 3.63) is 17.8 Å². The van der Waals surface area contributed by atoms with Gasteiger partial charge in [0.25, 0.3) is 0 Å². The maximum atomic E-state index is 11.0. The molecule has 1 saturated heterocycles. The zero-order valence-corrected chi connectivity index (χ0v) is 9.89. The van der Waals surface area contributed by atoms with Crippen molar-refractivity contribution in [2.24, 2.45) is 5.92 Å². The van der Waals surface area contributed by atoms with E-state index in [9.17, 15) is 4.79 Å². The van der Waals surface area contributed by atoms with Crippen LogP contribution in [0.25, 0.3) is 0 Å². The van der Waals surface area contributed by atoms with Crippen molar-refractivity contribution in [1.82, 2.24) is 4.98 Å². The summed E-state index contributed by atoms with van der Waals surface area (Å²) in [6, 6.07) is 1.57. The second-order valence-corrected chi connectivity index (χ2v) is 4.44. The maximum absolute atomic E-state index is 11.0. The van der Waals surface area contributed by atoms with Crippen LogP contribution in [0.15, 0.2) is 12.3 Å². The van der Waals surface area contributed by atoms with E-state index < -0.39 is 5.97 Å². The topological polar surface area (TPSA) is 79.5 Å². The minimum atomic E-state index is -1.00. The second-order valence-electron chi connectivity index (χ2n) is 4.44. The van der Waals surface area contributed by atoms with E-state index in [1.807, 2.05) is 0 Å². The summed E-state index contributed by atoms with van der Waals surface area (Å²) >= 11 is 0. The van der Waals surface area contributed by atoms with Crippen molar-refractivity contribution in [3.8, 4) is 0 Å². The first-order valence-corrected chi connectivity index (χ1v) is 5.85. The number of aromatic nitrogens is 1. The third-order valence-electron chi connectivity index (χ3n) is 3.34. The van der Waals surface area contributed by atoms with Gasteiger partial charge in [0, 0.05) is 13.1 Å². The van der Waals surface area contributed by atoms with Crippen molar-refractivity contribution in [2.45, 2.75) is 19.8 Å². The number of carboxylic acid groups (broad SMARTS) is 1. The fraction of sp³-hybridized carbons (Fsp3) is 0.500. The molecule has 2 rings (SSSR count). The predicted molar refractivity (Wildman–Crippen MR) is 66.2 cm³/mol. The minimum absolute atomic E-state index is 0.134. The van der Waals surface area contributed by atoms with Crippen molar-refractivity contribution >= 4 is 17.5 Å². The molecule has 0 aromatic carbocycles. The Bertz CT molecular complexity index is 434. The molecule has 1 aliphatic heterocycles. The van der Waals surface area contributed by atoms with Gasteiger partial charge in [0.05, 0.1) is 17.4 Å². The number of nitrogens with zero attached hydrogens (tertiary/aromatic N) is 2. The molecule has 5 heteroatoms. The zero-order chi connectivity index (χ0) is 12.4. The SMILES string of the molecule is CCC1CCN(c2cc(C(=O)O)c(N)cn2)C1. The fourth-order valence-corrected chi connectivity index (χ4v) is 2.19. The van der Waals surface area contributed by atoms with Gasteiger partial charge in [-0.25, -0.2) is 9.78 Å². The predicted octanol–water partition coefficient (Wildman–Crippen LogP) is 1.60. The molecule has 1 aromatic heterocycles. The number of anilines is 2. The molecule has 2 heterocycles. The summed E-state index contributed by atoms with van der Waals surface area (Å²) in [5.74, 6) is 0.396. The number of carboxylic acids is 1. The first kappa shape index (κ1) is 11.7. The Morgan fingerprint density at radius 2 is 2.47 bits per heavy atom. The van der Waals surface area contributed by atoms with E-state index in [0.29, 0.717) is 11.7 Å². The Labute approximate surface area is 100 Å². The van der Waals surface area contributed by atoms with E-state index in [1.54, 1.807) is 6.07 Å². The van der Waals surface area contributed by atoms with Crippen LogP contribution in [-0.2, 0) is 0 Å². The lowest BCUT2D eigenvalue weighted by Gasteiger charge is -2.18. The summed E-state index contributed by atoms with van der Waals surface area (Å²) in [5, 5.41) is 9.00. The number of aromatic carboxylic acids is 1. The standard InChI is InChI=1S/C12H17N3O2/c1-2-8-3-4-15(7-8)11-5-9(12(16)17)10(13)6-14-11/h5-6,8H,2-4,7,13H2,1H3,(H,16,17). The molecular formula is C12H17N3O2. The van der Waals surface area contributed by atoms with Gasteiger partial charge in [-0.1, -0.05) is 13.3 Å². The molecule has 1 aromatic rings. The minimum Gasteiger partial charge on any atom is -0.478 e. The van der Waals surface area contributed by atoms with E-state index >= 15 is 0 Å². The van der Waals surface area contributed by atoms with Gasteiger partial charge in [0.15, 0.2) is 0 Å². The first-order valence-electron chi connectivity index (χ1n) is 5.85. The average Bonchev–Trinajstić information content (AvgIpc) is 2.78. The smallest absolute Gasteiger partial charge is 0.337 e. The molecule has 1 aliphatic rings. The maximum Gasteiger partial charge on any atom is 0.337 e. The van der Waals surface area contributed by atoms with Crippen molar-refractivity contribution in [3.63, 3.8) is 0 Å². The van der Waals surface area contributed by atoms with Gasteiger partial charge in [-0.15, -0.1) is 0 Å². The highest BCUT2D eigenvalue weighted by Gasteiger charge is 2.23. The molecule has 92 valence electrons. The lowest BCUT2D eigenvalue weighted by atomic mass is 10.1. The molecular weight excluding hydrogens is 218 g/mol.